The molecule has 0 heterocycles. The first-order valence-corrected chi connectivity index (χ1v) is 11.5. The van der Waals surface area contributed by atoms with Gasteiger partial charge in [-0.25, -0.2) is 0 Å². The van der Waals surface area contributed by atoms with E-state index in [0.717, 1.165) is 32.1 Å². The fourth-order valence-electron chi connectivity index (χ4n) is 3.08. The fraction of sp³-hybridized carbons (Fsp3) is 0.792. The summed E-state index contributed by atoms with van der Waals surface area (Å²) in [6.45, 7) is 4.41. The Kier molecular flexibility index (Phi) is 20.4. The van der Waals surface area contributed by atoms with Crippen LogP contribution < -0.4 is 5.32 Å². The van der Waals surface area contributed by atoms with E-state index in [1.807, 2.05) is 0 Å². The third-order valence-electron chi connectivity index (χ3n) is 4.87. The van der Waals surface area contributed by atoms with Crippen molar-refractivity contribution in [3.8, 4) is 0 Å². The van der Waals surface area contributed by atoms with Gasteiger partial charge in [0, 0.05) is 6.42 Å². The van der Waals surface area contributed by atoms with Crippen LogP contribution in [0, 0.1) is 0 Å². The Hall–Kier alpha value is -1.09. The summed E-state index contributed by atoms with van der Waals surface area (Å²) < 4.78 is 0. The van der Waals surface area contributed by atoms with E-state index in [9.17, 15) is 9.90 Å². The Morgan fingerprint density at radius 2 is 1.37 bits per heavy atom. The molecule has 0 aliphatic heterocycles. The summed E-state index contributed by atoms with van der Waals surface area (Å²) in [5.41, 5.74) is 0. The van der Waals surface area contributed by atoms with Gasteiger partial charge in [-0.15, -0.1) is 0 Å². The van der Waals surface area contributed by atoms with Gasteiger partial charge < -0.3 is 10.4 Å². The monoisotopic (exact) mass is 379 g/mol. The van der Waals surface area contributed by atoms with Gasteiger partial charge in [0.2, 0.25) is 5.91 Å². The largest absolute Gasteiger partial charge is 0.394 e. The topological polar surface area (TPSA) is 49.3 Å². The molecular weight excluding hydrogens is 334 g/mol. The summed E-state index contributed by atoms with van der Waals surface area (Å²) in [6.07, 6.45) is 25.9. The third-order valence-corrected chi connectivity index (χ3v) is 4.87. The van der Waals surface area contributed by atoms with Crippen molar-refractivity contribution in [3.63, 3.8) is 0 Å². The second-order valence-corrected chi connectivity index (χ2v) is 7.60. The lowest BCUT2D eigenvalue weighted by atomic mass is 10.1. The lowest BCUT2D eigenvalue weighted by Gasteiger charge is -2.15. The van der Waals surface area contributed by atoms with Gasteiger partial charge in [0.25, 0.3) is 0 Å². The summed E-state index contributed by atoms with van der Waals surface area (Å²) in [4.78, 5) is 11.9. The number of aliphatic hydroxyl groups is 1. The van der Waals surface area contributed by atoms with Crippen molar-refractivity contribution in [1.29, 1.82) is 0 Å². The molecule has 1 amide bonds. The second kappa shape index (κ2) is 21.2. The Balaban J connectivity index is 3.42. The second-order valence-electron chi connectivity index (χ2n) is 7.60. The van der Waals surface area contributed by atoms with Crippen molar-refractivity contribution in [2.45, 2.75) is 116 Å². The highest BCUT2D eigenvalue weighted by atomic mass is 16.3. The van der Waals surface area contributed by atoms with Gasteiger partial charge >= 0.3 is 0 Å². The van der Waals surface area contributed by atoms with Gasteiger partial charge in [0.1, 0.15) is 0 Å². The molecule has 0 saturated heterocycles. The van der Waals surface area contributed by atoms with Crippen molar-refractivity contribution in [2.24, 2.45) is 0 Å². The van der Waals surface area contributed by atoms with E-state index in [0.29, 0.717) is 6.42 Å². The van der Waals surface area contributed by atoms with Gasteiger partial charge in [0.15, 0.2) is 0 Å². The van der Waals surface area contributed by atoms with E-state index in [-0.39, 0.29) is 18.6 Å². The van der Waals surface area contributed by atoms with Crippen molar-refractivity contribution < 1.29 is 9.90 Å². The zero-order chi connectivity index (χ0) is 20.0. The molecule has 3 nitrogen and oxygen atoms in total. The molecule has 158 valence electrons. The first-order chi connectivity index (χ1) is 13.2. The molecular formula is C24H45NO2. The predicted octanol–water partition coefficient (Wildman–Crippen LogP) is 6.47. The normalized spacial score (nSPS) is 12.9. The van der Waals surface area contributed by atoms with Crippen LogP contribution in [0.5, 0.6) is 0 Å². The van der Waals surface area contributed by atoms with Gasteiger partial charge in [0.05, 0.1) is 12.6 Å². The van der Waals surface area contributed by atoms with Crippen molar-refractivity contribution in [1.82, 2.24) is 5.32 Å². The van der Waals surface area contributed by atoms with Crippen molar-refractivity contribution in [3.05, 3.63) is 24.3 Å². The van der Waals surface area contributed by atoms with Crippen LogP contribution in [0.25, 0.3) is 0 Å². The van der Waals surface area contributed by atoms with Gasteiger partial charge in [-0.1, -0.05) is 89.5 Å². The lowest BCUT2D eigenvalue weighted by Crippen LogP contribution is -2.37. The Labute approximate surface area is 168 Å². The van der Waals surface area contributed by atoms with E-state index >= 15 is 0 Å². The molecule has 0 radical (unpaired) electrons. The Bertz CT molecular complexity index is 377. The number of rotatable bonds is 19. The maximum Gasteiger partial charge on any atom is 0.220 e. The number of unbranched alkanes of at least 4 members (excludes halogenated alkanes) is 10. The molecule has 0 spiro atoms. The first kappa shape index (κ1) is 25.9. The number of hydrogen-bond acceptors (Lipinski definition) is 2. The van der Waals surface area contributed by atoms with E-state index in [2.05, 4.69) is 43.5 Å². The minimum Gasteiger partial charge on any atom is -0.394 e. The SMILES string of the molecule is CCCCCC=CC=CCCCCCCCCC(=O)NC(CO)CCCC. The van der Waals surface area contributed by atoms with E-state index in [4.69, 9.17) is 0 Å². The molecule has 0 fully saturated rings. The van der Waals surface area contributed by atoms with Crippen LogP contribution in [0.4, 0.5) is 0 Å². The molecule has 0 bridgehead atoms. The van der Waals surface area contributed by atoms with Crippen LogP contribution in [0.15, 0.2) is 24.3 Å². The highest BCUT2D eigenvalue weighted by molar-refractivity contribution is 5.76. The molecule has 0 saturated carbocycles. The van der Waals surface area contributed by atoms with E-state index in [1.54, 1.807) is 0 Å². The number of hydrogen-bond donors (Lipinski definition) is 2. The highest BCUT2D eigenvalue weighted by Gasteiger charge is 2.10. The van der Waals surface area contributed by atoms with Gasteiger partial charge in [-0.05, 0) is 38.5 Å². The van der Waals surface area contributed by atoms with Crippen LogP contribution in [0.1, 0.15) is 110 Å². The van der Waals surface area contributed by atoms with Gasteiger partial charge in [-0.2, -0.15) is 0 Å². The van der Waals surface area contributed by atoms with Crippen LogP contribution in [0.3, 0.4) is 0 Å². The summed E-state index contributed by atoms with van der Waals surface area (Å²) >= 11 is 0. The minimum atomic E-state index is -0.0586. The van der Waals surface area contributed by atoms with Crippen LogP contribution in [0.2, 0.25) is 0 Å². The molecule has 2 N–H and O–H groups in total. The standard InChI is InChI=1S/C24H45NO2/c1-3-5-7-8-9-10-11-12-13-14-15-16-17-18-19-21-24(27)25-23(22-26)20-6-4-2/h9-12,23,26H,3-8,13-22H2,1-2H3,(H,25,27). The van der Waals surface area contributed by atoms with Crippen LogP contribution in [-0.4, -0.2) is 23.7 Å². The Morgan fingerprint density at radius 1 is 0.815 bits per heavy atom. The van der Waals surface area contributed by atoms with Gasteiger partial charge in [-0.3, -0.25) is 4.79 Å². The quantitative estimate of drug-likeness (QED) is 0.200. The smallest absolute Gasteiger partial charge is 0.220 e. The molecule has 1 unspecified atom stereocenters. The lowest BCUT2D eigenvalue weighted by molar-refractivity contribution is -0.122. The first-order valence-electron chi connectivity index (χ1n) is 11.5. The molecule has 0 aromatic heterocycles. The number of carbonyl (C=O) groups excluding carboxylic acids is 1. The number of amides is 1. The maximum atomic E-state index is 11.9. The number of carbonyl (C=O) groups is 1. The number of allylic oxidation sites excluding steroid dienone is 4. The minimum absolute atomic E-state index is 0.0504. The third kappa shape index (κ3) is 19.5. The predicted molar refractivity (Wildman–Crippen MR) is 118 cm³/mol. The van der Waals surface area contributed by atoms with E-state index < -0.39 is 0 Å². The zero-order valence-electron chi connectivity index (χ0n) is 18.1. The van der Waals surface area contributed by atoms with Crippen LogP contribution in [-0.2, 0) is 4.79 Å². The summed E-state index contributed by atoms with van der Waals surface area (Å²) in [5, 5.41) is 12.2. The molecule has 0 aromatic rings. The van der Waals surface area contributed by atoms with Crippen LogP contribution >= 0.6 is 0 Å². The average Bonchev–Trinajstić information content (AvgIpc) is 2.68. The van der Waals surface area contributed by atoms with Crippen molar-refractivity contribution in [2.75, 3.05) is 6.61 Å². The summed E-state index contributed by atoms with van der Waals surface area (Å²) in [7, 11) is 0. The highest BCUT2D eigenvalue weighted by Crippen LogP contribution is 2.09. The Morgan fingerprint density at radius 3 is 1.96 bits per heavy atom. The molecule has 1 atom stereocenters. The fourth-order valence-corrected chi connectivity index (χ4v) is 3.08. The number of nitrogens with one attached hydrogen (secondary N) is 1. The molecule has 27 heavy (non-hydrogen) atoms. The molecule has 0 aliphatic carbocycles. The molecule has 3 heteroatoms. The average molecular weight is 380 g/mol. The maximum absolute atomic E-state index is 11.9. The molecule has 0 aliphatic rings. The molecule has 0 rings (SSSR count). The summed E-state index contributed by atoms with van der Waals surface area (Å²) in [6, 6.07) is -0.0586. The van der Waals surface area contributed by atoms with Crippen molar-refractivity contribution >= 4 is 5.91 Å². The summed E-state index contributed by atoms with van der Waals surface area (Å²) in [5.74, 6) is 0.0954. The van der Waals surface area contributed by atoms with E-state index in [1.165, 1.54) is 57.8 Å². The molecule has 0 aromatic carbocycles. The number of aliphatic hydroxyl groups excluding tert-OH is 1. The zero-order valence-corrected chi connectivity index (χ0v) is 18.1.